The van der Waals surface area contributed by atoms with Crippen LogP contribution in [0.5, 0.6) is 0 Å². The summed E-state index contributed by atoms with van der Waals surface area (Å²) >= 11 is 0. The Balaban J connectivity index is 3.32. The Morgan fingerprint density at radius 1 is 1.40 bits per heavy atom. The normalized spacial score (nSPS) is 10.8. The minimum Gasteiger partial charge on any atom is -0.212 e. The second-order valence-corrected chi connectivity index (χ2v) is 4.80. The molecule has 0 aromatic heterocycles. The van der Waals surface area contributed by atoms with Crippen molar-refractivity contribution in [2.45, 2.75) is 19.3 Å². The number of hydrogen-bond donors (Lipinski definition) is 0. The largest absolute Gasteiger partial charge is 0.232 e. The van der Waals surface area contributed by atoms with Gasteiger partial charge >= 0.3 is 0 Å². The van der Waals surface area contributed by atoms with Gasteiger partial charge in [-0.05, 0) is 12.8 Å². The Morgan fingerprint density at radius 2 is 2.00 bits per heavy atom. The van der Waals surface area contributed by atoms with Crippen LogP contribution >= 0.6 is 10.7 Å². The summed E-state index contributed by atoms with van der Waals surface area (Å²) in [7, 11) is 1.63. The average molecular weight is 181 g/mol. The van der Waals surface area contributed by atoms with Gasteiger partial charge in [0, 0.05) is 17.1 Å². The molecule has 0 aliphatic carbocycles. The summed E-state index contributed by atoms with van der Waals surface area (Å²) in [5, 5.41) is 0. The van der Waals surface area contributed by atoms with E-state index in [1.54, 1.807) is 0 Å². The summed E-state index contributed by atoms with van der Waals surface area (Å²) in [6.45, 7) is 0. The predicted molar refractivity (Wildman–Crippen MR) is 42.3 cm³/mol. The molecule has 0 heterocycles. The van der Waals surface area contributed by atoms with Gasteiger partial charge in [-0.25, -0.2) is 8.42 Å². The quantitative estimate of drug-likeness (QED) is 0.372. The van der Waals surface area contributed by atoms with Crippen LogP contribution in [0.3, 0.4) is 0 Å². The van der Waals surface area contributed by atoms with Gasteiger partial charge in [-0.3, -0.25) is 0 Å². The Hall–Kier alpha value is -0.200. The van der Waals surface area contributed by atoms with E-state index in [0.717, 1.165) is 6.42 Å². The fraction of sp³-hybridized carbons (Fsp3) is 0.667. The highest BCUT2D eigenvalue weighted by Gasteiger charge is 2.02. The van der Waals surface area contributed by atoms with Crippen molar-refractivity contribution in [3.05, 3.63) is 0 Å². The van der Waals surface area contributed by atoms with E-state index in [0.29, 0.717) is 12.8 Å². The van der Waals surface area contributed by atoms with Crippen molar-refractivity contribution in [3.8, 4) is 12.3 Å². The first-order valence-electron chi connectivity index (χ1n) is 2.92. The van der Waals surface area contributed by atoms with E-state index in [1.807, 2.05) is 0 Å². The van der Waals surface area contributed by atoms with Crippen molar-refractivity contribution in [1.82, 2.24) is 0 Å². The van der Waals surface area contributed by atoms with E-state index in [2.05, 4.69) is 5.92 Å². The molecule has 58 valence electrons. The number of halogens is 1. The predicted octanol–water partition coefficient (Wildman–Crippen LogP) is 1.36. The first-order chi connectivity index (χ1) is 4.56. The summed E-state index contributed by atoms with van der Waals surface area (Å²) in [5.74, 6) is 2.44. The summed E-state index contributed by atoms with van der Waals surface area (Å²) in [5.41, 5.74) is 0. The molecule has 0 amide bonds. The molecule has 0 spiro atoms. The van der Waals surface area contributed by atoms with E-state index in [1.165, 1.54) is 0 Å². The molecule has 0 fully saturated rings. The first kappa shape index (κ1) is 9.80. The Morgan fingerprint density at radius 3 is 2.40 bits per heavy atom. The maximum atomic E-state index is 10.3. The van der Waals surface area contributed by atoms with Crippen molar-refractivity contribution in [3.63, 3.8) is 0 Å². The average Bonchev–Trinajstić information content (AvgIpc) is 1.78. The molecule has 0 radical (unpaired) electrons. The lowest BCUT2D eigenvalue weighted by atomic mass is 10.3. The second kappa shape index (κ2) is 4.59. The molecule has 0 atom stereocenters. The number of rotatable bonds is 4. The van der Waals surface area contributed by atoms with Crippen LogP contribution in [0.2, 0.25) is 0 Å². The van der Waals surface area contributed by atoms with Crippen molar-refractivity contribution in [2.75, 3.05) is 5.75 Å². The minimum absolute atomic E-state index is 0.0240. The molecule has 4 heteroatoms. The van der Waals surface area contributed by atoms with Gasteiger partial charge in [0.25, 0.3) is 0 Å². The number of hydrogen-bond acceptors (Lipinski definition) is 2. The van der Waals surface area contributed by atoms with Crippen LogP contribution in [0, 0.1) is 12.3 Å². The van der Waals surface area contributed by atoms with Crippen LogP contribution in [0.4, 0.5) is 0 Å². The molecule has 0 saturated carbocycles. The zero-order chi connectivity index (χ0) is 8.04. The van der Waals surface area contributed by atoms with Crippen LogP contribution in [0.1, 0.15) is 19.3 Å². The van der Waals surface area contributed by atoms with Crippen molar-refractivity contribution >= 4 is 19.7 Å². The topological polar surface area (TPSA) is 34.1 Å². The molecule has 2 nitrogen and oxygen atoms in total. The van der Waals surface area contributed by atoms with Gasteiger partial charge in [0.15, 0.2) is 0 Å². The van der Waals surface area contributed by atoms with Gasteiger partial charge < -0.3 is 0 Å². The molecular formula is C6H9ClO2S. The molecule has 0 aromatic carbocycles. The van der Waals surface area contributed by atoms with Gasteiger partial charge in [0.2, 0.25) is 9.05 Å². The molecule has 0 bridgehead atoms. The number of terminal acetylenes is 1. The lowest BCUT2D eigenvalue weighted by Crippen LogP contribution is -1.95. The van der Waals surface area contributed by atoms with Gasteiger partial charge in [0.05, 0.1) is 5.75 Å². The Labute approximate surface area is 66.0 Å². The van der Waals surface area contributed by atoms with E-state index >= 15 is 0 Å². The van der Waals surface area contributed by atoms with Gasteiger partial charge in [-0.2, -0.15) is 0 Å². The molecule has 0 saturated heterocycles. The lowest BCUT2D eigenvalue weighted by Gasteiger charge is -1.91. The van der Waals surface area contributed by atoms with E-state index in [4.69, 9.17) is 17.1 Å². The Bertz CT molecular complexity index is 212. The van der Waals surface area contributed by atoms with Crippen LogP contribution in [-0.2, 0) is 9.05 Å². The molecular weight excluding hydrogens is 172 g/mol. The highest BCUT2D eigenvalue weighted by Crippen LogP contribution is 2.02. The smallest absolute Gasteiger partial charge is 0.212 e. The maximum absolute atomic E-state index is 10.3. The van der Waals surface area contributed by atoms with E-state index in [9.17, 15) is 8.42 Å². The lowest BCUT2D eigenvalue weighted by molar-refractivity contribution is 0.605. The van der Waals surface area contributed by atoms with Crippen LogP contribution in [0.15, 0.2) is 0 Å². The molecule has 0 aliphatic heterocycles. The van der Waals surface area contributed by atoms with Gasteiger partial charge in [-0.1, -0.05) is 0 Å². The van der Waals surface area contributed by atoms with Crippen molar-refractivity contribution < 1.29 is 8.42 Å². The summed E-state index contributed by atoms with van der Waals surface area (Å²) < 4.78 is 20.6. The zero-order valence-electron chi connectivity index (χ0n) is 5.51. The fourth-order valence-corrected chi connectivity index (χ4v) is 1.38. The Kier molecular flexibility index (Phi) is 4.50. The monoisotopic (exact) mass is 180 g/mol. The number of unbranched alkanes of at least 4 members (excludes halogenated alkanes) is 2. The fourth-order valence-electron chi connectivity index (χ4n) is 0.502. The summed E-state index contributed by atoms with van der Waals surface area (Å²) in [6.07, 6.45) is 6.84. The maximum Gasteiger partial charge on any atom is 0.232 e. The summed E-state index contributed by atoms with van der Waals surface area (Å²) in [4.78, 5) is 0. The molecule has 0 unspecified atom stereocenters. The molecule has 0 aliphatic rings. The van der Waals surface area contributed by atoms with Crippen LogP contribution in [-0.4, -0.2) is 14.2 Å². The third-order valence-electron chi connectivity index (χ3n) is 0.959. The molecule has 0 rings (SSSR count). The van der Waals surface area contributed by atoms with Gasteiger partial charge in [0.1, 0.15) is 0 Å². The van der Waals surface area contributed by atoms with Crippen molar-refractivity contribution in [1.29, 1.82) is 0 Å². The van der Waals surface area contributed by atoms with E-state index < -0.39 is 9.05 Å². The highest BCUT2D eigenvalue weighted by atomic mass is 35.7. The summed E-state index contributed by atoms with van der Waals surface area (Å²) in [6, 6.07) is 0. The third kappa shape index (κ3) is 7.80. The van der Waals surface area contributed by atoms with Crippen molar-refractivity contribution in [2.24, 2.45) is 0 Å². The first-order valence-corrected chi connectivity index (χ1v) is 5.40. The second-order valence-electron chi connectivity index (χ2n) is 1.90. The SMILES string of the molecule is C#CCCCCS(=O)(=O)Cl. The third-order valence-corrected chi connectivity index (χ3v) is 2.20. The van der Waals surface area contributed by atoms with E-state index in [-0.39, 0.29) is 5.75 Å². The molecule has 10 heavy (non-hydrogen) atoms. The zero-order valence-corrected chi connectivity index (χ0v) is 7.08. The van der Waals surface area contributed by atoms with Crippen LogP contribution in [0.25, 0.3) is 0 Å². The highest BCUT2D eigenvalue weighted by molar-refractivity contribution is 8.13. The minimum atomic E-state index is -3.30. The standard InChI is InChI=1S/C6H9ClO2S/c1-2-3-4-5-6-10(7,8)9/h1H,3-6H2. The molecule has 0 N–H and O–H groups in total. The molecule has 0 aromatic rings. The van der Waals surface area contributed by atoms with Gasteiger partial charge in [-0.15, -0.1) is 12.3 Å². The van der Waals surface area contributed by atoms with Crippen LogP contribution < -0.4 is 0 Å².